The molecule has 2 aliphatic heterocycles. The lowest BCUT2D eigenvalue weighted by molar-refractivity contribution is -0.132. The van der Waals surface area contributed by atoms with Crippen molar-refractivity contribution in [1.29, 1.82) is 0 Å². The van der Waals surface area contributed by atoms with Crippen LogP contribution < -0.4 is 4.74 Å². The average Bonchev–Trinajstić information content (AvgIpc) is 2.81. The maximum absolute atomic E-state index is 13.6. The second kappa shape index (κ2) is 10.1. The first kappa shape index (κ1) is 21.5. The van der Waals surface area contributed by atoms with Gasteiger partial charge in [-0.15, -0.1) is 0 Å². The zero-order chi connectivity index (χ0) is 21.6. The van der Waals surface area contributed by atoms with Crippen molar-refractivity contribution in [2.45, 2.75) is 13.0 Å². The minimum Gasteiger partial charge on any atom is -0.496 e. The maximum atomic E-state index is 13.6. The second-order valence-electron chi connectivity index (χ2n) is 8.19. The molecule has 0 atom stereocenters. The number of rotatable bonds is 6. The van der Waals surface area contributed by atoms with E-state index in [9.17, 15) is 9.18 Å². The summed E-state index contributed by atoms with van der Waals surface area (Å²) in [7, 11) is 1.61. The molecule has 0 N–H and O–H groups in total. The van der Waals surface area contributed by atoms with Crippen LogP contribution in [-0.4, -0.2) is 73.5 Å². The SMILES string of the molecule is COc1ccc(F)cc1CN1CCN(CC(=O)N2CC=C(c3ccccc3)CC2)CC1. The normalized spacial score (nSPS) is 18.0. The first-order valence-electron chi connectivity index (χ1n) is 10.9. The summed E-state index contributed by atoms with van der Waals surface area (Å²) in [6, 6.07) is 15.0. The third-order valence-corrected chi connectivity index (χ3v) is 6.17. The predicted molar refractivity (Wildman–Crippen MR) is 120 cm³/mol. The van der Waals surface area contributed by atoms with Gasteiger partial charge in [0.2, 0.25) is 5.91 Å². The first-order chi connectivity index (χ1) is 15.1. The molecule has 0 bridgehead atoms. The van der Waals surface area contributed by atoms with Crippen LogP contribution >= 0.6 is 0 Å². The summed E-state index contributed by atoms with van der Waals surface area (Å²) in [6.45, 7) is 5.95. The van der Waals surface area contributed by atoms with Gasteiger partial charge in [0.25, 0.3) is 0 Å². The van der Waals surface area contributed by atoms with Crippen LogP contribution in [-0.2, 0) is 11.3 Å². The molecule has 2 heterocycles. The Kier molecular flexibility index (Phi) is 6.99. The Morgan fingerprint density at radius 3 is 2.42 bits per heavy atom. The zero-order valence-electron chi connectivity index (χ0n) is 18.1. The van der Waals surface area contributed by atoms with E-state index >= 15 is 0 Å². The van der Waals surface area contributed by atoms with Crippen molar-refractivity contribution in [2.24, 2.45) is 0 Å². The molecule has 2 aromatic rings. The molecule has 164 valence electrons. The van der Waals surface area contributed by atoms with Crippen molar-refractivity contribution < 1.29 is 13.9 Å². The van der Waals surface area contributed by atoms with Crippen molar-refractivity contribution in [3.05, 3.63) is 71.6 Å². The number of methoxy groups -OCH3 is 1. The lowest BCUT2D eigenvalue weighted by Crippen LogP contribution is -2.50. The molecule has 0 radical (unpaired) electrons. The van der Waals surface area contributed by atoms with Crippen molar-refractivity contribution in [1.82, 2.24) is 14.7 Å². The molecule has 0 aliphatic carbocycles. The summed E-state index contributed by atoms with van der Waals surface area (Å²) in [5.74, 6) is 0.668. The minimum atomic E-state index is -0.244. The van der Waals surface area contributed by atoms with Gasteiger partial charge in [0.15, 0.2) is 0 Å². The highest BCUT2D eigenvalue weighted by Gasteiger charge is 2.23. The molecule has 2 aromatic carbocycles. The Balaban J connectivity index is 1.24. The molecular weight excluding hydrogens is 393 g/mol. The van der Waals surface area contributed by atoms with Gasteiger partial charge >= 0.3 is 0 Å². The maximum Gasteiger partial charge on any atom is 0.237 e. The fraction of sp³-hybridized carbons (Fsp3) is 0.400. The van der Waals surface area contributed by atoms with Gasteiger partial charge in [-0.05, 0) is 35.8 Å². The largest absolute Gasteiger partial charge is 0.496 e. The predicted octanol–water partition coefficient (Wildman–Crippen LogP) is 3.27. The van der Waals surface area contributed by atoms with E-state index in [1.165, 1.54) is 17.2 Å². The molecule has 4 rings (SSSR count). The van der Waals surface area contributed by atoms with Gasteiger partial charge in [0.05, 0.1) is 13.7 Å². The van der Waals surface area contributed by atoms with Crippen LogP contribution in [0.25, 0.3) is 5.57 Å². The van der Waals surface area contributed by atoms with E-state index in [0.717, 1.165) is 44.7 Å². The van der Waals surface area contributed by atoms with Crippen molar-refractivity contribution in [3.8, 4) is 5.75 Å². The molecular formula is C25H30FN3O2. The number of halogens is 1. The molecule has 0 spiro atoms. The molecule has 6 heteroatoms. The highest BCUT2D eigenvalue weighted by atomic mass is 19.1. The summed E-state index contributed by atoms with van der Waals surface area (Å²) in [5.41, 5.74) is 3.44. The standard InChI is InChI=1S/C25H30FN3O2/c1-31-24-8-7-23(26)17-22(24)18-27-13-15-28(16-14-27)19-25(30)29-11-9-21(10-12-29)20-5-3-2-4-6-20/h2-9,17H,10-16,18-19H2,1H3. The summed E-state index contributed by atoms with van der Waals surface area (Å²) >= 11 is 0. The van der Waals surface area contributed by atoms with Crippen LogP contribution in [0.3, 0.4) is 0 Å². The molecule has 1 fully saturated rings. The third kappa shape index (κ3) is 5.51. The van der Waals surface area contributed by atoms with E-state index in [-0.39, 0.29) is 11.7 Å². The second-order valence-corrected chi connectivity index (χ2v) is 8.19. The number of nitrogens with zero attached hydrogens (tertiary/aromatic N) is 3. The average molecular weight is 424 g/mol. The van der Waals surface area contributed by atoms with Gasteiger partial charge in [0, 0.05) is 51.4 Å². The molecule has 0 saturated carbocycles. The van der Waals surface area contributed by atoms with Crippen LogP contribution in [0.15, 0.2) is 54.6 Å². The van der Waals surface area contributed by atoms with Crippen LogP contribution in [0.4, 0.5) is 4.39 Å². The number of carbonyl (C=O) groups is 1. The number of amides is 1. The van der Waals surface area contributed by atoms with Crippen LogP contribution in [0.5, 0.6) is 5.75 Å². The third-order valence-electron chi connectivity index (χ3n) is 6.17. The van der Waals surface area contributed by atoms with E-state index in [1.54, 1.807) is 19.2 Å². The van der Waals surface area contributed by atoms with E-state index < -0.39 is 0 Å². The van der Waals surface area contributed by atoms with Crippen molar-refractivity contribution in [2.75, 3.05) is 52.9 Å². The highest BCUT2D eigenvalue weighted by Crippen LogP contribution is 2.23. The molecule has 5 nitrogen and oxygen atoms in total. The molecule has 0 unspecified atom stereocenters. The van der Waals surface area contributed by atoms with Crippen molar-refractivity contribution in [3.63, 3.8) is 0 Å². The van der Waals surface area contributed by atoms with Gasteiger partial charge in [0.1, 0.15) is 11.6 Å². The summed E-state index contributed by atoms with van der Waals surface area (Å²) in [5, 5.41) is 0. The van der Waals surface area contributed by atoms with Gasteiger partial charge in [-0.3, -0.25) is 14.6 Å². The number of hydrogen-bond acceptors (Lipinski definition) is 4. The topological polar surface area (TPSA) is 36.0 Å². The smallest absolute Gasteiger partial charge is 0.237 e. The molecule has 1 saturated heterocycles. The number of hydrogen-bond donors (Lipinski definition) is 0. The summed E-state index contributed by atoms with van der Waals surface area (Å²) in [6.07, 6.45) is 3.08. The fourth-order valence-electron chi connectivity index (χ4n) is 4.32. The first-order valence-corrected chi connectivity index (χ1v) is 10.9. The van der Waals surface area contributed by atoms with Gasteiger partial charge in [-0.25, -0.2) is 4.39 Å². The summed E-state index contributed by atoms with van der Waals surface area (Å²) < 4.78 is 19.0. The minimum absolute atomic E-state index is 0.198. The quantitative estimate of drug-likeness (QED) is 0.715. The Morgan fingerprint density at radius 1 is 1.00 bits per heavy atom. The zero-order valence-corrected chi connectivity index (χ0v) is 18.1. The molecule has 0 aromatic heterocycles. The van der Waals surface area contributed by atoms with E-state index in [4.69, 9.17) is 4.74 Å². The fourth-order valence-corrected chi connectivity index (χ4v) is 4.32. The summed E-state index contributed by atoms with van der Waals surface area (Å²) in [4.78, 5) is 19.2. The molecule has 1 amide bonds. The number of ether oxygens (including phenoxy) is 1. The molecule has 2 aliphatic rings. The Labute approximate surface area is 183 Å². The van der Waals surface area contributed by atoms with Gasteiger partial charge in [-0.2, -0.15) is 0 Å². The van der Waals surface area contributed by atoms with E-state index in [1.807, 2.05) is 11.0 Å². The monoisotopic (exact) mass is 423 g/mol. The Hall–Kier alpha value is -2.70. The van der Waals surface area contributed by atoms with Gasteiger partial charge in [-0.1, -0.05) is 36.4 Å². The number of carbonyl (C=O) groups excluding carboxylic acids is 1. The highest BCUT2D eigenvalue weighted by molar-refractivity contribution is 5.80. The lowest BCUT2D eigenvalue weighted by Gasteiger charge is -2.36. The number of piperazine rings is 1. The Bertz CT molecular complexity index is 924. The molecule has 31 heavy (non-hydrogen) atoms. The van der Waals surface area contributed by atoms with Crippen LogP contribution in [0.1, 0.15) is 17.5 Å². The lowest BCUT2D eigenvalue weighted by atomic mass is 9.99. The van der Waals surface area contributed by atoms with Crippen LogP contribution in [0, 0.1) is 5.82 Å². The van der Waals surface area contributed by atoms with Crippen molar-refractivity contribution >= 4 is 11.5 Å². The van der Waals surface area contributed by atoms with Crippen LogP contribution in [0.2, 0.25) is 0 Å². The van der Waals surface area contributed by atoms with E-state index in [2.05, 4.69) is 40.1 Å². The Morgan fingerprint density at radius 2 is 1.74 bits per heavy atom. The van der Waals surface area contributed by atoms with Gasteiger partial charge < -0.3 is 9.64 Å². The van der Waals surface area contributed by atoms with E-state index in [0.29, 0.717) is 25.4 Å². The number of benzene rings is 2.